The van der Waals surface area contributed by atoms with Gasteiger partial charge in [-0.15, -0.1) is 0 Å². The molecular formula is C18H27BO5. The number of aryl methyl sites for hydroxylation is 1. The summed E-state index contributed by atoms with van der Waals surface area (Å²) in [5.41, 5.74) is 0.369. The van der Waals surface area contributed by atoms with Crippen LogP contribution in [0.5, 0.6) is 5.75 Å². The van der Waals surface area contributed by atoms with Gasteiger partial charge in [0.25, 0.3) is 0 Å². The van der Waals surface area contributed by atoms with Gasteiger partial charge in [0.1, 0.15) is 5.75 Å². The number of aromatic hydroxyl groups is 1. The minimum absolute atomic E-state index is 0.0850. The number of carbonyl (C=O) groups excluding carboxylic acids is 1. The van der Waals surface area contributed by atoms with E-state index in [2.05, 4.69) is 0 Å². The van der Waals surface area contributed by atoms with Crippen molar-refractivity contribution in [1.29, 1.82) is 0 Å². The lowest BCUT2D eigenvalue weighted by atomic mass is 9.65. The van der Waals surface area contributed by atoms with Crippen molar-refractivity contribution in [2.24, 2.45) is 0 Å². The molecule has 1 aromatic carbocycles. The van der Waals surface area contributed by atoms with Gasteiger partial charge in [0, 0.05) is 5.82 Å². The van der Waals surface area contributed by atoms with Crippen LogP contribution in [0.2, 0.25) is 0 Å². The normalized spacial score (nSPS) is 20.0. The van der Waals surface area contributed by atoms with Gasteiger partial charge in [-0.3, -0.25) is 4.79 Å². The van der Waals surface area contributed by atoms with Crippen LogP contribution in [0, 0.1) is 6.92 Å². The topological polar surface area (TPSA) is 65.0 Å². The summed E-state index contributed by atoms with van der Waals surface area (Å²) in [7, 11) is -0.632. The van der Waals surface area contributed by atoms with Crippen LogP contribution < -0.4 is 0 Å². The molecule has 5 nitrogen and oxygen atoms in total. The maximum absolute atomic E-state index is 12.1. The monoisotopic (exact) mass is 334 g/mol. The Labute approximate surface area is 144 Å². The lowest BCUT2D eigenvalue weighted by Crippen LogP contribution is -2.41. The van der Waals surface area contributed by atoms with Crippen molar-refractivity contribution < 1.29 is 23.9 Å². The fourth-order valence-corrected chi connectivity index (χ4v) is 2.79. The summed E-state index contributed by atoms with van der Waals surface area (Å²) < 4.78 is 17.3. The summed E-state index contributed by atoms with van der Waals surface area (Å²) in [5, 5.41) is 10.5. The highest BCUT2D eigenvalue weighted by Crippen LogP contribution is 2.43. The molecule has 0 spiro atoms. The fraction of sp³-hybridized carbons (Fsp3) is 0.611. The zero-order valence-corrected chi connectivity index (χ0v) is 15.4. The minimum Gasteiger partial charge on any atom is -0.507 e. The third-order valence-corrected chi connectivity index (χ3v) is 4.96. The molecule has 1 aromatic rings. The van der Waals surface area contributed by atoms with Crippen molar-refractivity contribution in [3.05, 3.63) is 29.3 Å². The van der Waals surface area contributed by atoms with Crippen LogP contribution >= 0.6 is 0 Å². The van der Waals surface area contributed by atoms with E-state index in [4.69, 9.17) is 14.0 Å². The van der Waals surface area contributed by atoms with Gasteiger partial charge in [-0.05, 0) is 52.7 Å². The predicted octanol–water partition coefficient (Wildman–Crippen LogP) is 3.37. The van der Waals surface area contributed by atoms with Crippen LogP contribution in [-0.2, 0) is 18.8 Å². The van der Waals surface area contributed by atoms with Gasteiger partial charge in [-0.2, -0.15) is 0 Å². The highest BCUT2D eigenvalue weighted by atomic mass is 16.7. The van der Waals surface area contributed by atoms with Gasteiger partial charge in [0.05, 0.1) is 24.2 Å². The van der Waals surface area contributed by atoms with Gasteiger partial charge in [-0.1, -0.05) is 18.2 Å². The first-order chi connectivity index (χ1) is 11.1. The third kappa shape index (κ3) is 3.60. The van der Waals surface area contributed by atoms with Gasteiger partial charge >= 0.3 is 13.1 Å². The predicted molar refractivity (Wildman–Crippen MR) is 92.9 cm³/mol. The second-order valence-electron chi connectivity index (χ2n) is 7.25. The summed E-state index contributed by atoms with van der Waals surface area (Å²) in [4.78, 5) is 12.1. The zero-order chi connectivity index (χ0) is 18.1. The number of benzene rings is 1. The van der Waals surface area contributed by atoms with Crippen molar-refractivity contribution in [2.45, 2.75) is 65.0 Å². The van der Waals surface area contributed by atoms with E-state index < -0.39 is 24.1 Å². The Bertz CT molecular complexity index is 595. The molecule has 1 fully saturated rings. The SMILES string of the molecule is CCOC(=O)CC(B1OC(C)(C)C(C)(C)O1)c1cccc(C)c1O. The van der Waals surface area contributed by atoms with E-state index >= 15 is 0 Å². The Balaban J connectivity index is 2.37. The summed E-state index contributed by atoms with van der Waals surface area (Å²) in [5.74, 6) is -0.607. The molecule has 0 aliphatic carbocycles. The highest BCUT2D eigenvalue weighted by molar-refractivity contribution is 6.48. The number of rotatable bonds is 5. The van der Waals surface area contributed by atoms with E-state index in [1.807, 2.05) is 46.8 Å². The van der Waals surface area contributed by atoms with E-state index in [0.717, 1.165) is 5.56 Å². The number of ether oxygens (including phenoxy) is 1. The summed E-state index contributed by atoms with van der Waals surface area (Å²) in [6, 6.07) is 5.48. The van der Waals surface area contributed by atoms with Gasteiger partial charge < -0.3 is 19.2 Å². The lowest BCUT2D eigenvalue weighted by molar-refractivity contribution is -0.143. The first-order valence-corrected chi connectivity index (χ1v) is 8.39. The molecule has 6 heteroatoms. The third-order valence-electron chi connectivity index (χ3n) is 4.96. The number of hydrogen-bond acceptors (Lipinski definition) is 5. The quantitative estimate of drug-likeness (QED) is 0.661. The smallest absolute Gasteiger partial charge is 0.466 e. The molecule has 24 heavy (non-hydrogen) atoms. The molecule has 2 rings (SSSR count). The Morgan fingerprint density at radius 2 is 1.83 bits per heavy atom. The number of esters is 1. The summed E-state index contributed by atoms with van der Waals surface area (Å²) >= 11 is 0. The molecule has 1 N–H and O–H groups in total. The molecule has 0 radical (unpaired) electrons. The summed E-state index contributed by atoms with van der Waals surface area (Å²) in [6.07, 6.45) is 0.0850. The molecule has 0 bridgehead atoms. The standard InChI is InChI=1S/C18H27BO5/c1-7-22-15(20)11-14(13-10-8-9-12(2)16(13)21)19-23-17(3,4)18(5,6)24-19/h8-10,14,21H,7,11H2,1-6H3. The van der Waals surface area contributed by atoms with Crippen LogP contribution in [-0.4, -0.2) is 36.0 Å². The number of carbonyl (C=O) groups is 1. The second-order valence-corrected chi connectivity index (χ2v) is 7.25. The highest BCUT2D eigenvalue weighted by Gasteiger charge is 2.54. The molecule has 1 atom stereocenters. The Kier molecular flexibility index (Phi) is 5.30. The molecule has 1 aliphatic rings. The largest absolute Gasteiger partial charge is 0.507 e. The molecule has 1 heterocycles. The van der Waals surface area contributed by atoms with Gasteiger partial charge in [0.2, 0.25) is 0 Å². The van der Waals surface area contributed by atoms with E-state index in [1.165, 1.54) is 0 Å². The lowest BCUT2D eigenvalue weighted by Gasteiger charge is -2.32. The minimum atomic E-state index is -0.632. The molecule has 1 aliphatic heterocycles. The number of phenolic OH excluding ortho intramolecular Hbond substituents is 1. The van der Waals surface area contributed by atoms with E-state index in [1.54, 1.807) is 13.0 Å². The number of para-hydroxylation sites is 1. The number of phenols is 1. The molecule has 0 aromatic heterocycles. The zero-order valence-electron chi connectivity index (χ0n) is 15.4. The van der Waals surface area contributed by atoms with E-state index in [0.29, 0.717) is 12.2 Å². The fourth-order valence-electron chi connectivity index (χ4n) is 2.79. The van der Waals surface area contributed by atoms with Gasteiger partial charge in [0.15, 0.2) is 0 Å². The maximum atomic E-state index is 12.1. The molecule has 1 unspecified atom stereocenters. The Morgan fingerprint density at radius 3 is 2.38 bits per heavy atom. The first-order valence-electron chi connectivity index (χ1n) is 8.39. The molecule has 0 saturated carbocycles. The molecule has 0 amide bonds. The van der Waals surface area contributed by atoms with Crippen LogP contribution in [0.3, 0.4) is 0 Å². The number of hydrogen-bond donors (Lipinski definition) is 1. The Hall–Kier alpha value is -1.53. The summed E-state index contributed by atoms with van der Waals surface area (Å²) in [6.45, 7) is 11.8. The Morgan fingerprint density at radius 1 is 1.25 bits per heavy atom. The van der Waals surface area contributed by atoms with Crippen LogP contribution in [0.4, 0.5) is 0 Å². The maximum Gasteiger partial charge on any atom is 0.466 e. The van der Waals surface area contributed by atoms with Crippen LogP contribution in [0.1, 0.15) is 58.0 Å². The molecule has 132 valence electrons. The molecule has 1 saturated heterocycles. The second kappa shape index (κ2) is 6.77. The van der Waals surface area contributed by atoms with Crippen LogP contribution in [0.25, 0.3) is 0 Å². The average molecular weight is 334 g/mol. The van der Waals surface area contributed by atoms with Crippen LogP contribution in [0.15, 0.2) is 18.2 Å². The first kappa shape index (κ1) is 18.8. The average Bonchev–Trinajstić information content (AvgIpc) is 2.68. The van der Waals surface area contributed by atoms with Gasteiger partial charge in [-0.25, -0.2) is 0 Å². The van der Waals surface area contributed by atoms with Crippen molar-refractivity contribution in [3.63, 3.8) is 0 Å². The van der Waals surface area contributed by atoms with E-state index in [-0.39, 0.29) is 18.1 Å². The van der Waals surface area contributed by atoms with Crippen molar-refractivity contribution in [1.82, 2.24) is 0 Å². The molecular weight excluding hydrogens is 307 g/mol. The van der Waals surface area contributed by atoms with Crippen molar-refractivity contribution in [2.75, 3.05) is 6.61 Å². The van der Waals surface area contributed by atoms with Crippen molar-refractivity contribution >= 4 is 13.1 Å². The van der Waals surface area contributed by atoms with E-state index in [9.17, 15) is 9.90 Å². The van der Waals surface area contributed by atoms with Crippen molar-refractivity contribution in [3.8, 4) is 5.75 Å².